The smallest absolute Gasteiger partial charge is 0.407 e. The molecular weight excluding hydrogens is 354 g/mol. The number of ether oxygens (including phenoxy) is 1. The van der Waals surface area contributed by atoms with Crippen molar-refractivity contribution in [3.05, 3.63) is 29.3 Å². The second kappa shape index (κ2) is 8.41. The number of rotatable bonds is 4. The van der Waals surface area contributed by atoms with E-state index in [-0.39, 0.29) is 23.9 Å². The minimum absolute atomic E-state index is 0.0445. The summed E-state index contributed by atoms with van der Waals surface area (Å²) in [6.07, 6.45) is 4.50. The molecule has 1 heterocycles. The highest BCUT2D eigenvalue weighted by Gasteiger charge is 2.32. The van der Waals surface area contributed by atoms with E-state index in [1.165, 1.54) is 11.1 Å². The number of aryl methyl sites for hydroxylation is 1. The molecule has 0 radical (unpaired) electrons. The van der Waals surface area contributed by atoms with Gasteiger partial charge in [-0.05, 0) is 58.1 Å². The Morgan fingerprint density at radius 3 is 2.71 bits per heavy atom. The predicted octanol–water partition coefficient (Wildman–Crippen LogP) is 3.53. The van der Waals surface area contributed by atoms with E-state index in [9.17, 15) is 9.59 Å². The summed E-state index contributed by atoms with van der Waals surface area (Å²) in [6.45, 7) is 8.15. The van der Waals surface area contributed by atoms with Crippen LogP contribution in [-0.2, 0) is 16.0 Å². The molecule has 0 saturated heterocycles. The SMILES string of the molecule is Cc1ccc2c(c1)CC(C(=O)N[C@H]1CCCC[C@@H]1CNC(=O)OC(C)(C)C)N2. The average molecular weight is 388 g/mol. The van der Waals surface area contributed by atoms with Crippen molar-refractivity contribution in [2.75, 3.05) is 11.9 Å². The van der Waals surface area contributed by atoms with Crippen LogP contribution in [0.4, 0.5) is 10.5 Å². The number of hydrogen-bond donors (Lipinski definition) is 3. The van der Waals surface area contributed by atoms with E-state index in [1.54, 1.807) is 0 Å². The van der Waals surface area contributed by atoms with Crippen molar-refractivity contribution in [3.8, 4) is 0 Å². The normalized spacial score (nSPS) is 24.1. The molecule has 1 aromatic carbocycles. The lowest BCUT2D eigenvalue weighted by molar-refractivity contribution is -0.123. The molecule has 1 unspecified atom stereocenters. The van der Waals surface area contributed by atoms with Crippen molar-refractivity contribution in [2.45, 2.75) is 77.5 Å². The van der Waals surface area contributed by atoms with Crippen LogP contribution in [0.3, 0.4) is 0 Å². The first-order valence-corrected chi connectivity index (χ1v) is 10.3. The van der Waals surface area contributed by atoms with Crippen molar-refractivity contribution < 1.29 is 14.3 Å². The van der Waals surface area contributed by atoms with Gasteiger partial charge in [0.05, 0.1) is 0 Å². The van der Waals surface area contributed by atoms with E-state index < -0.39 is 11.7 Å². The lowest BCUT2D eigenvalue weighted by atomic mass is 9.84. The number of nitrogens with one attached hydrogen (secondary N) is 3. The number of anilines is 1. The van der Waals surface area contributed by atoms with Crippen molar-refractivity contribution in [1.29, 1.82) is 0 Å². The summed E-state index contributed by atoms with van der Waals surface area (Å²) < 4.78 is 5.32. The summed E-state index contributed by atoms with van der Waals surface area (Å²) in [4.78, 5) is 24.8. The molecule has 2 amide bonds. The van der Waals surface area contributed by atoms with Crippen LogP contribution in [0.5, 0.6) is 0 Å². The molecule has 1 saturated carbocycles. The van der Waals surface area contributed by atoms with Crippen LogP contribution in [0.1, 0.15) is 57.6 Å². The third-order valence-corrected chi connectivity index (χ3v) is 5.48. The Labute approximate surface area is 167 Å². The molecule has 6 nitrogen and oxygen atoms in total. The maximum atomic E-state index is 12.9. The number of amides is 2. The Hall–Kier alpha value is -2.24. The summed E-state index contributed by atoms with van der Waals surface area (Å²) in [6, 6.07) is 6.11. The largest absolute Gasteiger partial charge is 0.444 e. The number of hydrogen-bond acceptors (Lipinski definition) is 4. The van der Waals surface area contributed by atoms with E-state index in [0.717, 1.165) is 37.8 Å². The maximum absolute atomic E-state index is 12.9. The first-order chi connectivity index (χ1) is 13.2. The zero-order chi connectivity index (χ0) is 20.3. The van der Waals surface area contributed by atoms with Gasteiger partial charge in [-0.25, -0.2) is 4.79 Å². The van der Waals surface area contributed by atoms with Gasteiger partial charge in [0, 0.05) is 24.7 Å². The van der Waals surface area contributed by atoms with Crippen LogP contribution in [0.15, 0.2) is 18.2 Å². The van der Waals surface area contributed by atoms with Crippen LogP contribution in [-0.4, -0.2) is 36.2 Å². The number of carbonyl (C=O) groups excluding carboxylic acids is 2. The van der Waals surface area contributed by atoms with Gasteiger partial charge in [0.15, 0.2) is 0 Å². The molecule has 1 fully saturated rings. The quantitative estimate of drug-likeness (QED) is 0.738. The number of benzene rings is 1. The second-order valence-corrected chi connectivity index (χ2v) is 9.10. The molecule has 0 bridgehead atoms. The van der Waals surface area contributed by atoms with Crippen molar-refractivity contribution >= 4 is 17.7 Å². The Morgan fingerprint density at radius 1 is 1.21 bits per heavy atom. The van der Waals surface area contributed by atoms with Gasteiger partial charge in [-0.3, -0.25) is 4.79 Å². The molecule has 3 atom stereocenters. The van der Waals surface area contributed by atoms with Crippen molar-refractivity contribution in [1.82, 2.24) is 10.6 Å². The van der Waals surface area contributed by atoms with Crippen LogP contribution in [0.2, 0.25) is 0 Å². The highest BCUT2D eigenvalue weighted by molar-refractivity contribution is 5.87. The van der Waals surface area contributed by atoms with Crippen LogP contribution < -0.4 is 16.0 Å². The topological polar surface area (TPSA) is 79.5 Å². The minimum Gasteiger partial charge on any atom is -0.444 e. The van der Waals surface area contributed by atoms with Gasteiger partial charge < -0.3 is 20.7 Å². The standard InChI is InChI=1S/C22H33N3O3/c1-14-9-10-18-16(11-14)12-19(24-18)20(26)25-17-8-6-5-7-15(17)13-23-21(27)28-22(2,3)4/h9-11,15,17,19,24H,5-8,12-13H2,1-4H3,(H,23,27)(H,25,26)/t15-,17+,19?/m1/s1. The average Bonchev–Trinajstić information content (AvgIpc) is 3.03. The molecule has 2 aliphatic rings. The Bertz CT molecular complexity index is 726. The fourth-order valence-corrected chi connectivity index (χ4v) is 4.10. The molecule has 6 heteroatoms. The van der Waals surface area contributed by atoms with Crippen molar-refractivity contribution in [2.24, 2.45) is 5.92 Å². The van der Waals surface area contributed by atoms with Gasteiger partial charge in [0.1, 0.15) is 11.6 Å². The summed E-state index contributed by atoms with van der Waals surface area (Å²) in [7, 11) is 0. The van der Waals surface area contributed by atoms with Gasteiger partial charge in [0.25, 0.3) is 0 Å². The first-order valence-electron chi connectivity index (χ1n) is 10.3. The van der Waals surface area contributed by atoms with E-state index >= 15 is 0 Å². The molecule has 154 valence electrons. The zero-order valence-corrected chi connectivity index (χ0v) is 17.4. The maximum Gasteiger partial charge on any atom is 0.407 e. The molecule has 1 aliphatic carbocycles. The van der Waals surface area contributed by atoms with Crippen LogP contribution >= 0.6 is 0 Å². The number of alkyl carbamates (subject to hydrolysis) is 1. The van der Waals surface area contributed by atoms with Gasteiger partial charge in [-0.2, -0.15) is 0 Å². The summed E-state index contributed by atoms with van der Waals surface area (Å²) in [5.74, 6) is 0.277. The van der Waals surface area contributed by atoms with E-state index in [1.807, 2.05) is 26.8 Å². The predicted molar refractivity (Wildman–Crippen MR) is 110 cm³/mol. The highest BCUT2D eigenvalue weighted by Crippen LogP contribution is 2.28. The molecule has 3 rings (SSSR count). The fourth-order valence-electron chi connectivity index (χ4n) is 4.10. The molecule has 1 aromatic rings. The number of carbonyl (C=O) groups is 2. The molecule has 28 heavy (non-hydrogen) atoms. The lowest BCUT2D eigenvalue weighted by Crippen LogP contribution is -2.50. The Morgan fingerprint density at radius 2 is 1.96 bits per heavy atom. The summed E-state index contributed by atoms with van der Waals surface area (Å²) in [5.41, 5.74) is 2.96. The lowest BCUT2D eigenvalue weighted by Gasteiger charge is -2.33. The Kier molecular flexibility index (Phi) is 6.16. The van der Waals surface area contributed by atoms with E-state index in [4.69, 9.17) is 4.74 Å². The fraction of sp³-hybridized carbons (Fsp3) is 0.636. The van der Waals surface area contributed by atoms with Gasteiger partial charge in [-0.15, -0.1) is 0 Å². The van der Waals surface area contributed by atoms with Crippen LogP contribution in [0, 0.1) is 12.8 Å². The molecular formula is C22H33N3O3. The Balaban J connectivity index is 1.53. The molecule has 0 spiro atoms. The molecule has 3 N–H and O–H groups in total. The summed E-state index contributed by atoms with van der Waals surface area (Å²) in [5, 5.41) is 9.45. The van der Waals surface area contributed by atoms with E-state index in [0.29, 0.717) is 6.54 Å². The first kappa shape index (κ1) is 20.5. The highest BCUT2D eigenvalue weighted by atomic mass is 16.6. The third-order valence-electron chi connectivity index (χ3n) is 5.48. The van der Waals surface area contributed by atoms with Gasteiger partial charge >= 0.3 is 6.09 Å². The second-order valence-electron chi connectivity index (χ2n) is 9.10. The number of fused-ring (bicyclic) bond motifs is 1. The molecule has 0 aromatic heterocycles. The minimum atomic E-state index is -0.508. The third kappa shape index (κ3) is 5.40. The van der Waals surface area contributed by atoms with Crippen LogP contribution in [0.25, 0.3) is 0 Å². The zero-order valence-electron chi connectivity index (χ0n) is 17.4. The summed E-state index contributed by atoms with van der Waals surface area (Å²) >= 11 is 0. The van der Waals surface area contributed by atoms with Gasteiger partial charge in [0.2, 0.25) is 5.91 Å². The van der Waals surface area contributed by atoms with Gasteiger partial charge in [-0.1, -0.05) is 30.5 Å². The van der Waals surface area contributed by atoms with Crippen molar-refractivity contribution in [3.63, 3.8) is 0 Å². The molecule has 1 aliphatic heterocycles. The monoisotopic (exact) mass is 387 g/mol. The van der Waals surface area contributed by atoms with E-state index in [2.05, 4.69) is 35.0 Å².